The van der Waals surface area contributed by atoms with Crippen molar-refractivity contribution in [1.29, 1.82) is 0 Å². The molecule has 0 aliphatic rings. The second-order valence-corrected chi connectivity index (χ2v) is 15.4. The molecular weight excluding hydrogens is 715 g/mol. The summed E-state index contributed by atoms with van der Waals surface area (Å²) < 4.78 is 2.39. The van der Waals surface area contributed by atoms with Crippen LogP contribution in [0.2, 0.25) is 0 Å². The minimum Gasteiger partial charge on any atom is -0.309 e. The SMILES string of the molecule is c1cc(-c2ccc(-n3c4ccccc4c4cc(-c5ccc6ccccc6c5)ccc43)cc2)cc(-c2cccc(-c3cnc4c5ccccc5c5ccccc5c4n3)c2)c1. The number of benzene rings is 10. The molecule has 12 rings (SSSR count). The maximum absolute atomic E-state index is 5.25. The van der Waals surface area contributed by atoms with E-state index >= 15 is 0 Å². The molecule has 0 radical (unpaired) electrons. The molecule has 0 bridgehead atoms. The molecule has 0 N–H and O–H groups in total. The van der Waals surface area contributed by atoms with E-state index in [9.17, 15) is 0 Å². The van der Waals surface area contributed by atoms with Gasteiger partial charge in [-0.15, -0.1) is 0 Å². The van der Waals surface area contributed by atoms with E-state index in [0.29, 0.717) is 0 Å². The lowest BCUT2D eigenvalue weighted by Gasteiger charge is -2.12. The Balaban J connectivity index is 0.882. The standard InChI is InChI=1S/C56H35N3/c1-2-12-38-32-42(24-23-36(38)11-1)43-27-30-54-51(34-43)48-19-7-8-22-53(48)59(54)45-28-25-37(26-29-45)39-13-9-14-40(31-39)41-15-10-16-44(33-41)52-35-57-55-49-20-5-3-17-46(49)47-18-4-6-21-50(47)56(55)58-52/h1-35H. The molecule has 0 unspecified atom stereocenters. The molecule has 3 heteroatoms. The minimum absolute atomic E-state index is 0.862. The average molecular weight is 750 g/mol. The average Bonchev–Trinajstić information content (AvgIpc) is 3.65. The normalized spacial score (nSPS) is 11.7. The van der Waals surface area contributed by atoms with E-state index < -0.39 is 0 Å². The quantitative estimate of drug-likeness (QED) is 0.164. The van der Waals surface area contributed by atoms with Crippen molar-refractivity contribution in [1.82, 2.24) is 14.5 Å². The molecule has 0 atom stereocenters. The Morgan fingerprint density at radius 3 is 1.59 bits per heavy atom. The Kier molecular flexibility index (Phi) is 7.54. The Bertz CT molecular complexity index is 3580. The highest BCUT2D eigenvalue weighted by Crippen LogP contribution is 2.38. The van der Waals surface area contributed by atoms with Crippen molar-refractivity contribution in [3.63, 3.8) is 0 Å². The van der Waals surface area contributed by atoms with Gasteiger partial charge in [-0.25, -0.2) is 4.98 Å². The number of nitrogens with zero attached hydrogens (tertiary/aromatic N) is 3. The summed E-state index contributed by atoms with van der Waals surface area (Å²) in [4.78, 5) is 10.3. The van der Waals surface area contributed by atoms with Crippen molar-refractivity contribution in [2.45, 2.75) is 0 Å². The summed E-state index contributed by atoms with van der Waals surface area (Å²) in [6.07, 6.45) is 1.92. The van der Waals surface area contributed by atoms with Gasteiger partial charge in [0.05, 0.1) is 34.0 Å². The van der Waals surface area contributed by atoms with Crippen molar-refractivity contribution in [2.75, 3.05) is 0 Å². The van der Waals surface area contributed by atoms with Crippen molar-refractivity contribution < 1.29 is 0 Å². The number of fused-ring (bicyclic) bond motifs is 10. The van der Waals surface area contributed by atoms with Gasteiger partial charge in [0.15, 0.2) is 0 Å². The third kappa shape index (κ3) is 5.51. The molecule has 2 aromatic heterocycles. The molecule has 12 aromatic rings. The lowest BCUT2D eigenvalue weighted by Crippen LogP contribution is -1.94. The van der Waals surface area contributed by atoms with Gasteiger partial charge in [-0.05, 0) is 103 Å². The molecule has 0 spiro atoms. The third-order valence-corrected chi connectivity index (χ3v) is 12.0. The molecule has 0 fully saturated rings. The first-order chi connectivity index (χ1) is 29.2. The highest BCUT2D eigenvalue weighted by Gasteiger charge is 2.15. The van der Waals surface area contributed by atoms with Gasteiger partial charge in [0, 0.05) is 32.8 Å². The monoisotopic (exact) mass is 749 g/mol. The largest absolute Gasteiger partial charge is 0.309 e. The predicted molar refractivity (Wildman–Crippen MR) is 248 cm³/mol. The maximum Gasteiger partial charge on any atom is 0.0979 e. The maximum atomic E-state index is 5.25. The second kappa shape index (κ2) is 13.4. The molecule has 0 aliphatic carbocycles. The summed E-state index contributed by atoms with van der Waals surface area (Å²) in [7, 11) is 0. The van der Waals surface area contributed by atoms with Crippen LogP contribution in [0.1, 0.15) is 0 Å². The van der Waals surface area contributed by atoms with E-state index in [1.165, 1.54) is 65.6 Å². The fourth-order valence-electron chi connectivity index (χ4n) is 9.10. The van der Waals surface area contributed by atoms with Gasteiger partial charge in [0.2, 0.25) is 0 Å². The van der Waals surface area contributed by atoms with Gasteiger partial charge in [0.1, 0.15) is 0 Å². The van der Waals surface area contributed by atoms with Gasteiger partial charge >= 0.3 is 0 Å². The zero-order chi connectivity index (χ0) is 38.9. The van der Waals surface area contributed by atoms with Crippen LogP contribution in [-0.2, 0) is 0 Å². The topological polar surface area (TPSA) is 30.7 Å². The summed E-state index contributed by atoms with van der Waals surface area (Å²) in [6.45, 7) is 0. The lowest BCUT2D eigenvalue weighted by molar-refractivity contribution is 1.18. The fraction of sp³-hybridized carbons (Fsp3) is 0. The molecule has 2 heterocycles. The van der Waals surface area contributed by atoms with Gasteiger partial charge in [-0.2, -0.15) is 0 Å². The molecule has 10 aromatic carbocycles. The summed E-state index contributed by atoms with van der Waals surface area (Å²) in [5.41, 5.74) is 14.4. The van der Waals surface area contributed by atoms with E-state index in [1.807, 2.05) is 6.20 Å². The Morgan fingerprint density at radius 1 is 0.305 bits per heavy atom. The molecule has 0 saturated carbocycles. The van der Waals surface area contributed by atoms with Crippen LogP contribution in [0.4, 0.5) is 0 Å². The van der Waals surface area contributed by atoms with Gasteiger partial charge < -0.3 is 4.57 Å². The molecule has 0 saturated heterocycles. The van der Waals surface area contributed by atoms with Crippen molar-refractivity contribution in [2.24, 2.45) is 0 Å². The molecule has 0 amide bonds. The Hall–Kier alpha value is -7.88. The molecule has 59 heavy (non-hydrogen) atoms. The van der Waals surface area contributed by atoms with E-state index in [0.717, 1.165) is 49.9 Å². The van der Waals surface area contributed by atoms with Crippen LogP contribution in [0.3, 0.4) is 0 Å². The number of para-hydroxylation sites is 1. The Morgan fingerprint density at radius 2 is 0.831 bits per heavy atom. The van der Waals surface area contributed by atoms with Crippen LogP contribution in [0, 0.1) is 0 Å². The lowest BCUT2D eigenvalue weighted by atomic mass is 9.97. The Labute approximate surface area is 341 Å². The zero-order valence-corrected chi connectivity index (χ0v) is 32.0. The summed E-state index contributed by atoms with van der Waals surface area (Å²) in [5.74, 6) is 0. The van der Waals surface area contributed by atoms with Crippen LogP contribution in [-0.4, -0.2) is 14.5 Å². The highest BCUT2D eigenvalue weighted by molar-refractivity contribution is 6.23. The first kappa shape index (κ1) is 33.3. The summed E-state index contributed by atoms with van der Waals surface area (Å²) >= 11 is 0. The number of aromatic nitrogens is 3. The molecule has 274 valence electrons. The van der Waals surface area contributed by atoms with E-state index in [4.69, 9.17) is 9.97 Å². The van der Waals surface area contributed by atoms with Crippen molar-refractivity contribution >= 4 is 65.2 Å². The fourth-order valence-corrected chi connectivity index (χ4v) is 9.10. The summed E-state index contributed by atoms with van der Waals surface area (Å²) in [6, 6.07) is 74.4. The van der Waals surface area contributed by atoms with Crippen LogP contribution in [0.5, 0.6) is 0 Å². The van der Waals surface area contributed by atoms with Gasteiger partial charge in [-0.1, -0.05) is 158 Å². The van der Waals surface area contributed by atoms with E-state index in [1.54, 1.807) is 0 Å². The zero-order valence-electron chi connectivity index (χ0n) is 32.0. The van der Waals surface area contributed by atoms with Crippen LogP contribution < -0.4 is 0 Å². The molecule has 3 nitrogen and oxygen atoms in total. The molecular formula is C56H35N3. The smallest absolute Gasteiger partial charge is 0.0979 e. The van der Waals surface area contributed by atoms with Crippen molar-refractivity contribution in [3.05, 3.63) is 212 Å². The second-order valence-electron chi connectivity index (χ2n) is 15.4. The van der Waals surface area contributed by atoms with Crippen molar-refractivity contribution in [3.8, 4) is 50.3 Å². The molecule has 0 aliphatic heterocycles. The van der Waals surface area contributed by atoms with Crippen LogP contribution in [0.15, 0.2) is 212 Å². The van der Waals surface area contributed by atoms with Gasteiger partial charge in [-0.3, -0.25) is 4.98 Å². The van der Waals surface area contributed by atoms with Crippen LogP contribution >= 0.6 is 0 Å². The number of rotatable bonds is 5. The third-order valence-electron chi connectivity index (χ3n) is 12.0. The first-order valence-corrected chi connectivity index (χ1v) is 20.1. The number of hydrogen-bond acceptors (Lipinski definition) is 2. The van der Waals surface area contributed by atoms with Gasteiger partial charge in [0.25, 0.3) is 0 Å². The first-order valence-electron chi connectivity index (χ1n) is 20.1. The summed E-state index contributed by atoms with van der Waals surface area (Å²) in [5, 5.41) is 9.66. The van der Waals surface area contributed by atoms with E-state index in [2.05, 4.69) is 211 Å². The minimum atomic E-state index is 0.862. The number of hydrogen-bond donors (Lipinski definition) is 0. The van der Waals surface area contributed by atoms with E-state index in [-0.39, 0.29) is 0 Å². The highest BCUT2D eigenvalue weighted by atomic mass is 15.0. The van der Waals surface area contributed by atoms with Crippen LogP contribution in [0.25, 0.3) is 115 Å². The predicted octanol–water partition coefficient (Wildman–Crippen LogP) is 14.9.